The molecule has 26 heavy (non-hydrogen) atoms. The van der Waals surface area contributed by atoms with Crippen molar-refractivity contribution in [2.75, 3.05) is 13.7 Å². The van der Waals surface area contributed by atoms with E-state index >= 15 is 0 Å². The van der Waals surface area contributed by atoms with Crippen LogP contribution in [0.15, 0.2) is 30.5 Å². The Morgan fingerprint density at radius 1 is 1.15 bits per heavy atom. The minimum Gasteiger partial charge on any atom is -0.493 e. The lowest BCUT2D eigenvalue weighted by Crippen LogP contribution is -2.33. The molecule has 0 aromatic heterocycles. The van der Waals surface area contributed by atoms with Crippen molar-refractivity contribution >= 4 is 6.09 Å². The van der Waals surface area contributed by atoms with E-state index < -0.39 is 5.60 Å². The predicted octanol–water partition coefficient (Wildman–Crippen LogP) is 4.86. The lowest BCUT2D eigenvalue weighted by atomic mass is 10.00. The first kappa shape index (κ1) is 18.6. The van der Waals surface area contributed by atoms with Gasteiger partial charge in [0.05, 0.1) is 13.2 Å². The molecule has 1 atom stereocenters. The standard InChI is InChI=1S/C21H29NO4/c1-21(2,3)26-20(23)22-12-11-16(14-22)15-9-10-18(24-4)19(13-15)25-17-7-5-6-8-17/h9-13,16-17H,5-8,14H2,1-4H3. The molecule has 1 unspecified atom stereocenters. The van der Waals surface area contributed by atoms with Crippen LogP contribution in [0.1, 0.15) is 57.9 Å². The zero-order chi connectivity index (χ0) is 18.7. The van der Waals surface area contributed by atoms with Crippen LogP contribution in [0, 0.1) is 0 Å². The van der Waals surface area contributed by atoms with Crippen LogP contribution in [0.25, 0.3) is 0 Å². The molecule has 5 nitrogen and oxygen atoms in total. The number of nitrogens with zero attached hydrogens (tertiary/aromatic N) is 1. The second-order valence-corrected chi connectivity index (χ2v) is 8.02. The number of hydrogen-bond acceptors (Lipinski definition) is 4. The quantitative estimate of drug-likeness (QED) is 0.770. The smallest absolute Gasteiger partial charge is 0.414 e. The maximum absolute atomic E-state index is 12.2. The number of carbonyl (C=O) groups is 1. The Bertz CT molecular complexity index is 671. The summed E-state index contributed by atoms with van der Waals surface area (Å²) in [7, 11) is 1.66. The lowest BCUT2D eigenvalue weighted by Gasteiger charge is -2.24. The van der Waals surface area contributed by atoms with Crippen molar-refractivity contribution in [1.82, 2.24) is 4.90 Å². The number of amides is 1. The highest BCUT2D eigenvalue weighted by molar-refractivity contribution is 5.70. The summed E-state index contributed by atoms with van der Waals surface area (Å²) in [6.45, 7) is 6.19. The fourth-order valence-electron chi connectivity index (χ4n) is 3.42. The van der Waals surface area contributed by atoms with Crippen LogP contribution in [-0.4, -0.2) is 36.4 Å². The maximum atomic E-state index is 12.2. The third-order valence-electron chi connectivity index (χ3n) is 4.73. The molecule has 0 radical (unpaired) electrons. The van der Waals surface area contributed by atoms with Crippen molar-refractivity contribution in [3.05, 3.63) is 36.0 Å². The molecule has 0 spiro atoms. The molecule has 1 saturated carbocycles. The molecular weight excluding hydrogens is 330 g/mol. The SMILES string of the molecule is COc1ccc(C2C=CN(C(=O)OC(C)(C)C)C2)cc1OC1CCCC1. The molecule has 1 fully saturated rings. The van der Waals surface area contributed by atoms with Crippen LogP contribution in [0.5, 0.6) is 11.5 Å². The lowest BCUT2D eigenvalue weighted by molar-refractivity contribution is 0.0345. The van der Waals surface area contributed by atoms with Gasteiger partial charge in [0.2, 0.25) is 0 Å². The Morgan fingerprint density at radius 2 is 1.88 bits per heavy atom. The fourth-order valence-corrected chi connectivity index (χ4v) is 3.42. The van der Waals surface area contributed by atoms with E-state index in [1.165, 1.54) is 12.8 Å². The van der Waals surface area contributed by atoms with Gasteiger partial charge in [-0.2, -0.15) is 0 Å². The van der Waals surface area contributed by atoms with Crippen molar-refractivity contribution in [3.8, 4) is 11.5 Å². The van der Waals surface area contributed by atoms with Crippen LogP contribution in [0.4, 0.5) is 4.79 Å². The minimum absolute atomic E-state index is 0.124. The zero-order valence-corrected chi connectivity index (χ0v) is 16.2. The summed E-state index contributed by atoms with van der Waals surface area (Å²) in [6.07, 6.45) is 8.45. The molecule has 1 heterocycles. The van der Waals surface area contributed by atoms with Crippen molar-refractivity contribution in [1.29, 1.82) is 0 Å². The summed E-state index contributed by atoms with van der Waals surface area (Å²) < 4.78 is 17.1. The molecule has 0 bridgehead atoms. The van der Waals surface area contributed by atoms with Crippen molar-refractivity contribution in [2.24, 2.45) is 0 Å². The Hall–Kier alpha value is -2.17. The number of rotatable bonds is 4. The van der Waals surface area contributed by atoms with Gasteiger partial charge in [-0.15, -0.1) is 0 Å². The fraction of sp³-hybridized carbons (Fsp3) is 0.571. The van der Waals surface area contributed by atoms with Gasteiger partial charge < -0.3 is 14.2 Å². The van der Waals surface area contributed by atoms with Gasteiger partial charge in [-0.3, -0.25) is 4.90 Å². The van der Waals surface area contributed by atoms with Gasteiger partial charge >= 0.3 is 6.09 Å². The Balaban J connectivity index is 1.69. The van der Waals surface area contributed by atoms with Crippen LogP contribution in [-0.2, 0) is 4.74 Å². The van der Waals surface area contributed by atoms with Gasteiger partial charge in [0.15, 0.2) is 11.5 Å². The summed E-state index contributed by atoms with van der Waals surface area (Å²) in [5.41, 5.74) is 0.618. The maximum Gasteiger partial charge on any atom is 0.414 e. The van der Waals surface area contributed by atoms with Gasteiger partial charge in [-0.05, 0) is 64.2 Å². The van der Waals surface area contributed by atoms with Gasteiger partial charge in [0.1, 0.15) is 5.60 Å². The molecule has 2 aliphatic rings. The number of methoxy groups -OCH3 is 1. The first-order valence-corrected chi connectivity index (χ1v) is 9.38. The van der Waals surface area contributed by atoms with Crippen molar-refractivity contribution in [2.45, 2.75) is 64.1 Å². The first-order chi connectivity index (χ1) is 12.4. The van der Waals surface area contributed by atoms with E-state index in [2.05, 4.69) is 0 Å². The minimum atomic E-state index is -0.495. The molecule has 1 amide bonds. The van der Waals surface area contributed by atoms with E-state index in [0.29, 0.717) is 6.54 Å². The van der Waals surface area contributed by atoms with E-state index in [0.717, 1.165) is 29.9 Å². The highest BCUT2D eigenvalue weighted by Crippen LogP contribution is 2.36. The summed E-state index contributed by atoms with van der Waals surface area (Å²) >= 11 is 0. The summed E-state index contributed by atoms with van der Waals surface area (Å²) in [5.74, 6) is 1.67. The molecule has 1 aliphatic heterocycles. The summed E-state index contributed by atoms with van der Waals surface area (Å²) in [6, 6.07) is 6.03. The molecule has 0 N–H and O–H groups in total. The van der Waals surface area contributed by atoms with Crippen molar-refractivity contribution in [3.63, 3.8) is 0 Å². The molecule has 3 rings (SSSR count). The van der Waals surface area contributed by atoms with Crippen LogP contribution >= 0.6 is 0 Å². The third kappa shape index (κ3) is 4.51. The van der Waals surface area contributed by atoms with E-state index in [9.17, 15) is 4.79 Å². The van der Waals surface area contributed by atoms with E-state index in [4.69, 9.17) is 14.2 Å². The summed E-state index contributed by atoms with van der Waals surface area (Å²) in [5, 5.41) is 0. The van der Waals surface area contributed by atoms with Crippen LogP contribution in [0.3, 0.4) is 0 Å². The van der Waals surface area contributed by atoms with Gasteiger partial charge in [-0.1, -0.05) is 12.1 Å². The molecular formula is C21H29NO4. The predicted molar refractivity (Wildman–Crippen MR) is 101 cm³/mol. The topological polar surface area (TPSA) is 48.0 Å². The number of benzene rings is 1. The average molecular weight is 359 g/mol. The average Bonchev–Trinajstić information content (AvgIpc) is 3.25. The number of carbonyl (C=O) groups excluding carboxylic acids is 1. The molecule has 1 aromatic rings. The Labute approximate surface area is 155 Å². The molecule has 1 aromatic carbocycles. The Kier molecular flexibility index (Phi) is 5.44. The second kappa shape index (κ2) is 7.60. The molecule has 0 saturated heterocycles. The third-order valence-corrected chi connectivity index (χ3v) is 4.73. The van der Waals surface area contributed by atoms with E-state index in [-0.39, 0.29) is 18.1 Å². The van der Waals surface area contributed by atoms with Gasteiger partial charge in [-0.25, -0.2) is 4.79 Å². The van der Waals surface area contributed by atoms with Crippen LogP contribution < -0.4 is 9.47 Å². The number of ether oxygens (including phenoxy) is 3. The molecule has 1 aliphatic carbocycles. The van der Waals surface area contributed by atoms with Crippen molar-refractivity contribution < 1.29 is 19.0 Å². The second-order valence-electron chi connectivity index (χ2n) is 8.02. The summed E-state index contributed by atoms with van der Waals surface area (Å²) in [4.78, 5) is 13.9. The van der Waals surface area contributed by atoms with Gasteiger partial charge in [0.25, 0.3) is 0 Å². The molecule has 142 valence electrons. The van der Waals surface area contributed by atoms with E-state index in [1.807, 2.05) is 45.0 Å². The van der Waals surface area contributed by atoms with Crippen LogP contribution in [0.2, 0.25) is 0 Å². The Morgan fingerprint density at radius 3 is 2.54 bits per heavy atom. The largest absolute Gasteiger partial charge is 0.493 e. The first-order valence-electron chi connectivity index (χ1n) is 9.38. The normalized spacial score (nSPS) is 20.5. The van der Waals surface area contributed by atoms with E-state index in [1.54, 1.807) is 18.2 Å². The molecule has 5 heteroatoms. The highest BCUT2D eigenvalue weighted by Gasteiger charge is 2.27. The monoisotopic (exact) mass is 359 g/mol. The highest BCUT2D eigenvalue weighted by atomic mass is 16.6. The van der Waals surface area contributed by atoms with Gasteiger partial charge in [0, 0.05) is 18.7 Å². The number of hydrogen-bond donors (Lipinski definition) is 0. The zero-order valence-electron chi connectivity index (χ0n) is 16.2.